The summed E-state index contributed by atoms with van der Waals surface area (Å²) in [6, 6.07) is 28.8. The van der Waals surface area contributed by atoms with E-state index in [1.165, 1.54) is 0 Å². The molecule has 0 amide bonds. The van der Waals surface area contributed by atoms with Crippen molar-refractivity contribution in [3.8, 4) is 0 Å². The lowest BCUT2D eigenvalue weighted by Crippen LogP contribution is -2.84. The Balaban J connectivity index is 1.95. The first-order chi connectivity index (χ1) is 20.4. The van der Waals surface area contributed by atoms with E-state index in [1.54, 1.807) is 18.2 Å². The Morgan fingerprint density at radius 2 is 0.857 bits per heavy atom. The minimum absolute atomic E-state index is 0.0843. The summed E-state index contributed by atoms with van der Waals surface area (Å²) >= 11 is 0. The van der Waals surface area contributed by atoms with Crippen molar-refractivity contribution in [1.29, 1.82) is 0 Å². The Labute approximate surface area is 249 Å². The van der Waals surface area contributed by atoms with Crippen LogP contribution in [0.3, 0.4) is 0 Å². The van der Waals surface area contributed by atoms with Gasteiger partial charge in [-0.25, -0.2) is 0 Å². The van der Waals surface area contributed by atoms with Gasteiger partial charge in [-0.1, -0.05) is 109 Å². The summed E-state index contributed by atoms with van der Waals surface area (Å²) < 4.78 is 20.5. The number of ether oxygens (including phenoxy) is 3. The molecule has 1 aliphatic carbocycles. The predicted octanol–water partition coefficient (Wildman–Crippen LogP) is 5.68. The quantitative estimate of drug-likeness (QED) is 0.204. The maximum atomic E-state index is 11.9. The molecular weight excluding hydrogens is 528 g/mol. The summed E-state index contributed by atoms with van der Waals surface area (Å²) in [5.74, 6) is 0. The molecule has 2 unspecified atom stereocenters. The normalized spacial score (nSPS) is 29.1. The zero-order valence-electron chi connectivity index (χ0n) is 24.1. The van der Waals surface area contributed by atoms with Gasteiger partial charge >= 0.3 is 0 Å². The zero-order chi connectivity index (χ0) is 30.1. The average molecular weight is 571 g/mol. The maximum absolute atomic E-state index is 11.9. The molecule has 3 aromatic carbocycles. The highest BCUT2D eigenvalue weighted by molar-refractivity contribution is 5.30. The molecule has 6 heteroatoms. The smallest absolute Gasteiger partial charge is 0.136 e. The van der Waals surface area contributed by atoms with Gasteiger partial charge in [-0.05, 0) is 29.5 Å². The van der Waals surface area contributed by atoms with E-state index in [-0.39, 0.29) is 39.1 Å². The Kier molecular flexibility index (Phi) is 10.7. The van der Waals surface area contributed by atoms with Gasteiger partial charge in [0.15, 0.2) is 0 Å². The van der Waals surface area contributed by atoms with Crippen LogP contribution in [0.25, 0.3) is 0 Å². The Hall–Kier alpha value is -3.36. The van der Waals surface area contributed by atoms with Crippen molar-refractivity contribution in [1.82, 2.24) is 0 Å². The van der Waals surface area contributed by atoms with Crippen molar-refractivity contribution in [3.05, 3.63) is 146 Å². The number of aliphatic hydroxyl groups is 3. The van der Waals surface area contributed by atoms with Crippen LogP contribution >= 0.6 is 0 Å². The third-order valence-corrected chi connectivity index (χ3v) is 8.30. The molecule has 4 rings (SSSR count). The summed E-state index contributed by atoms with van der Waals surface area (Å²) in [7, 11) is 0. The van der Waals surface area contributed by atoms with Crippen LogP contribution in [0.5, 0.6) is 0 Å². The summed E-state index contributed by atoms with van der Waals surface area (Å²) in [6.07, 6.45) is 0.473. The van der Waals surface area contributed by atoms with Crippen molar-refractivity contribution in [2.75, 3.05) is 0 Å². The minimum atomic E-state index is -1.63. The van der Waals surface area contributed by atoms with Crippen LogP contribution in [0.2, 0.25) is 0 Å². The highest BCUT2D eigenvalue weighted by atomic mass is 16.6. The Morgan fingerprint density at radius 1 is 0.524 bits per heavy atom. The fourth-order valence-electron chi connectivity index (χ4n) is 6.29. The van der Waals surface area contributed by atoms with E-state index in [2.05, 4.69) is 19.7 Å². The van der Waals surface area contributed by atoms with Gasteiger partial charge in [0, 0.05) is 6.42 Å². The van der Waals surface area contributed by atoms with Gasteiger partial charge in [0.05, 0.1) is 19.8 Å². The summed E-state index contributed by atoms with van der Waals surface area (Å²) in [6.45, 7) is 12.3. The third kappa shape index (κ3) is 5.92. The first kappa shape index (κ1) is 31.6. The molecule has 222 valence electrons. The van der Waals surface area contributed by atoms with E-state index < -0.39 is 35.1 Å². The Morgan fingerprint density at radius 3 is 1.19 bits per heavy atom. The number of hydrogen-bond acceptors (Lipinski definition) is 6. The van der Waals surface area contributed by atoms with Crippen molar-refractivity contribution >= 4 is 0 Å². The number of rotatable bonds is 15. The zero-order valence-corrected chi connectivity index (χ0v) is 24.1. The van der Waals surface area contributed by atoms with Gasteiger partial charge < -0.3 is 29.5 Å². The second-order valence-corrected chi connectivity index (χ2v) is 10.8. The van der Waals surface area contributed by atoms with E-state index in [1.807, 2.05) is 91.0 Å². The molecular formula is C36H42O6. The monoisotopic (exact) mass is 570 g/mol. The number of hydrogen-bond donors (Lipinski definition) is 3. The van der Waals surface area contributed by atoms with Crippen molar-refractivity contribution < 1.29 is 29.5 Å². The van der Waals surface area contributed by atoms with Gasteiger partial charge in [0.25, 0.3) is 0 Å². The van der Waals surface area contributed by atoms with Crippen LogP contribution in [-0.4, -0.2) is 50.4 Å². The molecule has 0 saturated heterocycles. The lowest BCUT2D eigenvalue weighted by Gasteiger charge is -2.65. The highest BCUT2D eigenvalue weighted by Gasteiger charge is 2.75. The molecule has 0 bridgehead atoms. The second-order valence-electron chi connectivity index (χ2n) is 10.8. The SMILES string of the molecule is C=CCC1(OCc2ccccc2)[C@@](CC=C)(OCc2ccccc2)[C@H](O)C(O)[C@H](O)[C@@]1(CC=C)OCc1ccccc1. The van der Waals surface area contributed by atoms with Crippen LogP contribution in [-0.2, 0) is 34.0 Å². The predicted molar refractivity (Wildman–Crippen MR) is 164 cm³/mol. The minimum Gasteiger partial charge on any atom is -0.387 e. The van der Waals surface area contributed by atoms with Crippen LogP contribution in [0.1, 0.15) is 36.0 Å². The lowest BCUT2D eigenvalue weighted by molar-refractivity contribution is -0.383. The van der Waals surface area contributed by atoms with E-state index in [9.17, 15) is 15.3 Å². The van der Waals surface area contributed by atoms with E-state index in [4.69, 9.17) is 14.2 Å². The van der Waals surface area contributed by atoms with E-state index in [0.717, 1.165) is 16.7 Å². The molecule has 0 radical (unpaired) electrons. The van der Waals surface area contributed by atoms with Crippen LogP contribution in [0, 0.1) is 0 Å². The largest absolute Gasteiger partial charge is 0.387 e. The second kappa shape index (κ2) is 14.2. The molecule has 0 aromatic heterocycles. The van der Waals surface area contributed by atoms with Gasteiger partial charge in [-0.2, -0.15) is 0 Å². The summed E-state index contributed by atoms with van der Waals surface area (Å²) in [5.41, 5.74) is -2.20. The molecule has 6 atom stereocenters. The topological polar surface area (TPSA) is 88.4 Å². The fraction of sp³-hybridized carbons (Fsp3) is 0.333. The van der Waals surface area contributed by atoms with E-state index in [0.29, 0.717) is 0 Å². The third-order valence-electron chi connectivity index (χ3n) is 8.30. The molecule has 1 saturated carbocycles. The van der Waals surface area contributed by atoms with Gasteiger partial charge in [0.1, 0.15) is 35.1 Å². The number of aliphatic hydroxyl groups excluding tert-OH is 3. The standard InChI is InChI=1S/C36H42O6/c1-4-22-34(40-25-28-16-10-7-11-17-28)32(38)31(37)33(39)35(23-5-2,41-26-29-18-12-8-13-19-29)36(34,24-6-3)42-27-30-20-14-9-15-21-30/h4-21,31-33,37-39H,1-3,22-27H2/t31?,32-,33+,34+,35-,36?. The Bertz CT molecular complexity index is 1210. The number of benzene rings is 3. The molecule has 42 heavy (non-hydrogen) atoms. The van der Waals surface area contributed by atoms with Crippen molar-refractivity contribution in [3.63, 3.8) is 0 Å². The maximum Gasteiger partial charge on any atom is 0.136 e. The van der Waals surface area contributed by atoms with Gasteiger partial charge in [-0.15, -0.1) is 19.7 Å². The molecule has 0 aliphatic heterocycles. The first-order valence-corrected chi connectivity index (χ1v) is 14.3. The van der Waals surface area contributed by atoms with Crippen LogP contribution in [0.15, 0.2) is 129 Å². The van der Waals surface area contributed by atoms with Crippen LogP contribution in [0.4, 0.5) is 0 Å². The molecule has 6 nitrogen and oxygen atoms in total. The van der Waals surface area contributed by atoms with E-state index >= 15 is 0 Å². The van der Waals surface area contributed by atoms with Crippen molar-refractivity contribution in [2.45, 2.75) is 74.2 Å². The molecule has 3 N–H and O–H groups in total. The molecule has 0 heterocycles. The summed E-state index contributed by atoms with van der Waals surface area (Å²) in [5, 5.41) is 35.4. The molecule has 0 spiro atoms. The van der Waals surface area contributed by atoms with Crippen LogP contribution < -0.4 is 0 Å². The van der Waals surface area contributed by atoms with Gasteiger partial charge in [-0.3, -0.25) is 0 Å². The molecule has 1 fully saturated rings. The first-order valence-electron chi connectivity index (χ1n) is 14.3. The average Bonchev–Trinajstić information content (AvgIpc) is 3.03. The van der Waals surface area contributed by atoms with Gasteiger partial charge in [0.2, 0.25) is 0 Å². The lowest BCUT2D eigenvalue weighted by atomic mass is 9.55. The molecule has 1 aliphatic rings. The molecule has 3 aromatic rings. The van der Waals surface area contributed by atoms with Crippen molar-refractivity contribution in [2.24, 2.45) is 0 Å². The highest BCUT2D eigenvalue weighted by Crippen LogP contribution is 2.56. The fourth-order valence-corrected chi connectivity index (χ4v) is 6.29. The summed E-state index contributed by atoms with van der Waals surface area (Å²) in [4.78, 5) is 0.